The topological polar surface area (TPSA) is 46.3 Å². The van der Waals surface area contributed by atoms with Crippen LogP contribution in [0.15, 0.2) is 24.3 Å². The zero-order chi connectivity index (χ0) is 10.7. The fourth-order valence-corrected chi connectivity index (χ4v) is 1.18. The summed E-state index contributed by atoms with van der Waals surface area (Å²) in [4.78, 5) is 13.0. The fraction of sp³-hybridized carbons (Fsp3) is 0.200. The van der Waals surface area contributed by atoms with E-state index in [2.05, 4.69) is 0 Å². The van der Waals surface area contributed by atoms with Crippen LogP contribution in [0.3, 0.4) is 0 Å². The molecule has 4 heteroatoms. The number of hydrogen-bond donors (Lipinski definition) is 1. The molecule has 0 atom stereocenters. The van der Waals surface area contributed by atoms with Crippen molar-refractivity contribution in [2.45, 2.75) is 6.92 Å². The van der Waals surface area contributed by atoms with E-state index in [4.69, 9.17) is 18.0 Å². The van der Waals surface area contributed by atoms with Gasteiger partial charge >= 0.3 is 0 Å². The van der Waals surface area contributed by atoms with E-state index in [1.54, 1.807) is 18.0 Å². The number of rotatable bonds is 2. The molecule has 1 aromatic carbocycles. The van der Waals surface area contributed by atoms with Gasteiger partial charge in [0.05, 0.1) is 0 Å². The van der Waals surface area contributed by atoms with Crippen LogP contribution >= 0.6 is 12.2 Å². The summed E-state index contributed by atoms with van der Waals surface area (Å²) in [5.74, 6) is -0.0231. The second kappa shape index (κ2) is 4.19. The zero-order valence-electron chi connectivity index (χ0n) is 8.15. The number of carbonyl (C=O) groups excluding carboxylic acids is 1. The van der Waals surface area contributed by atoms with E-state index in [0.29, 0.717) is 4.99 Å². The standard InChI is InChI=1S/C10H12N2OS/c1-7(13)12(2)9-5-3-4-8(6-9)10(11)14/h3-6H,1-2H3,(H2,11,14). The first-order chi connectivity index (χ1) is 6.52. The van der Waals surface area contributed by atoms with Gasteiger partial charge in [0, 0.05) is 25.2 Å². The van der Waals surface area contributed by atoms with Crippen LogP contribution in [0.25, 0.3) is 0 Å². The first kappa shape index (κ1) is 10.7. The largest absolute Gasteiger partial charge is 0.389 e. The lowest BCUT2D eigenvalue weighted by Gasteiger charge is -2.15. The van der Waals surface area contributed by atoms with Gasteiger partial charge in [-0.3, -0.25) is 4.79 Å². The molecule has 0 fully saturated rings. The molecule has 3 nitrogen and oxygen atoms in total. The number of thiocarbonyl (C=S) groups is 1. The summed E-state index contributed by atoms with van der Waals surface area (Å²) in [7, 11) is 1.71. The molecule has 0 heterocycles. The number of nitrogens with two attached hydrogens (primary N) is 1. The summed E-state index contributed by atoms with van der Waals surface area (Å²) >= 11 is 4.85. The summed E-state index contributed by atoms with van der Waals surface area (Å²) in [5, 5.41) is 0. The smallest absolute Gasteiger partial charge is 0.223 e. The van der Waals surface area contributed by atoms with Crippen LogP contribution in [0.2, 0.25) is 0 Å². The van der Waals surface area contributed by atoms with E-state index < -0.39 is 0 Å². The van der Waals surface area contributed by atoms with Crippen molar-refractivity contribution in [2.24, 2.45) is 5.73 Å². The predicted octanol–water partition coefficient (Wildman–Crippen LogP) is 1.30. The van der Waals surface area contributed by atoms with Gasteiger partial charge < -0.3 is 10.6 Å². The van der Waals surface area contributed by atoms with Crippen molar-refractivity contribution in [3.8, 4) is 0 Å². The average Bonchev–Trinajstić information content (AvgIpc) is 2.16. The van der Waals surface area contributed by atoms with Crippen LogP contribution in [-0.2, 0) is 4.79 Å². The van der Waals surface area contributed by atoms with E-state index in [1.165, 1.54) is 6.92 Å². The second-order valence-corrected chi connectivity index (χ2v) is 3.43. The summed E-state index contributed by atoms with van der Waals surface area (Å²) in [6, 6.07) is 7.27. The molecule has 0 aromatic heterocycles. The molecule has 1 rings (SSSR count). The maximum absolute atomic E-state index is 11.1. The Morgan fingerprint density at radius 3 is 2.64 bits per heavy atom. The molecule has 2 N–H and O–H groups in total. The Labute approximate surface area is 88.5 Å². The molecule has 0 aliphatic rings. The van der Waals surface area contributed by atoms with Crippen molar-refractivity contribution in [3.05, 3.63) is 29.8 Å². The highest BCUT2D eigenvalue weighted by Crippen LogP contribution is 2.14. The third-order valence-corrected chi connectivity index (χ3v) is 2.23. The van der Waals surface area contributed by atoms with Gasteiger partial charge in [-0.05, 0) is 12.1 Å². The van der Waals surface area contributed by atoms with Gasteiger partial charge in [-0.25, -0.2) is 0 Å². The highest BCUT2D eigenvalue weighted by Gasteiger charge is 2.06. The quantitative estimate of drug-likeness (QED) is 0.745. The third kappa shape index (κ3) is 2.29. The highest BCUT2D eigenvalue weighted by molar-refractivity contribution is 7.80. The van der Waals surface area contributed by atoms with Crippen molar-refractivity contribution in [1.29, 1.82) is 0 Å². The lowest BCUT2D eigenvalue weighted by Crippen LogP contribution is -2.23. The Bertz CT molecular complexity index is 376. The van der Waals surface area contributed by atoms with Gasteiger partial charge in [-0.1, -0.05) is 24.4 Å². The summed E-state index contributed by atoms with van der Waals surface area (Å²) in [5.41, 5.74) is 7.05. The molecule has 14 heavy (non-hydrogen) atoms. The van der Waals surface area contributed by atoms with Crippen LogP contribution in [0.4, 0.5) is 5.69 Å². The summed E-state index contributed by atoms with van der Waals surface area (Å²) in [6.45, 7) is 1.51. The van der Waals surface area contributed by atoms with E-state index in [-0.39, 0.29) is 5.91 Å². The minimum Gasteiger partial charge on any atom is -0.389 e. The summed E-state index contributed by atoms with van der Waals surface area (Å²) < 4.78 is 0. The maximum Gasteiger partial charge on any atom is 0.223 e. The number of hydrogen-bond acceptors (Lipinski definition) is 2. The van der Waals surface area contributed by atoms with Gasteiger partial charge in [0.15, 0.2) is 0 Å². The molecule has 0 aliphatic carbocycles. The minimum atomic E-state index is -0.0231. The predicted molar refractivity (Wildman–Crippen MR) is 61.4 cm³/mol. The Morgan fingerprint density at radius 2 is 2.14 bits per heavy atom. The second-order valence-electron chi connectivity index (χ2n) is 2.99. The van der Waals surface area contributed by atoms with Gasteiger partial charge in [0.2, 0.25) is 5.91 Å². The third-order valence-electron chi connectivity index (χ3n) is 1.99. The Morgan fingerprint density at radius 1 is 1.50 bits per heavy atom. The fourth-order valence-electron chi connectivity index (χ4n) is 1.05. The number of carbonyl (C=O) groups is 1. The van der Waals surface area contributed by atoms with Crippen molar-refractivity contribution >= 4 is 28.8 Å². The van der Waals surface area contributed by atoms with Crippen molar-refractivity contribution in [1.82, 2.24) is 0 Å². The number of anilines is 1. The van der Waals surface area contributed by atoms with Crippen LogP contribution in [0.5, 0.6) is 0 Å². The molecule has 0 radical (unpaired) electrons. The van der Waals surface area contributed by atoms with Crippen LogP contribution < -0.4 is 10.6 Å². The highest BCUT2D eigenvalue weighted by atomic mass is 32.1. The molecular weight excluding hydrogens is 196 g/mol. The number of benzene rings is 1. The molecule has 1 amide bonds. The molecule has 0 saturated heterocycles. The van der Waals surface area contributed by atoms with Gasteiger partial charge in [-0.2, -0.15) is 0 Å². The maximum atomic E-state index is 11.1. The van der Waals surface area contributed by atoms with Gasteiger partial charge in [0.1, 0.15) is 4.99 Å². The van der Waals surface area contributed by atoms with E-state index in [0.717, 1.165) is 11.3 Å². The monoisotopic (exact) mass is 208 g/mol. The van der Waals surface area contributed by atoms with E-state index in [1.807, 2.05) is 18.2 Å². The van der Waals surface area contributed by atoms with Gasteiger partial charge in [-0.15, -0.1) is 0 Å². The molecule has 74 valence electrons. The Kier molecular flexibility index (Phi) is 3.19. The van der Waals surface area contributed by atoms with Crippen molar-refractivity contribution in [3.63, 3.8) is 0 Å². The lowest BCUT2D eigenvalue weighted by atomic mass is 10.2. The average molecular weight is 208 g/mol. The minimum absolute atomic E-state index is 0.0231. The number of nitrogens with zero attached hydrogens (tertiary/aromatic N) is 1. The molecule has 1 aromatic rings. The number of amides is 1. The summed E-state index contributed by atoms with van der Waals surface area (Å²) in [6.07, 6.45) is 0. The van der Waals surface area contributed by atoms with Gasteiger partial charge in [0.25, 0.3) is 0 Å². The normalized spacial score (nSPS) is 9.57. The lowest BCUT2D eigenvalue weighted by molar-refractivity contribution is -0.116. The molecule has 0 bridgehead atoms. The molecule has 0 saturated carbocycles. The molecule has 0 unspecified atom stereocenters. The van der Waals surface area contributed by atoms with E-state index in [9.17, 15) is 4.79 Å². The van der Waals surface area contributed by atoms with E-state index >= 15 is 0 Å². The molecule has 0 spiro atoms. The molecular formula is C10H12N2OS. The SMILES string of the molecule is CC(=O)N(C)c1cccc(C(N)=S)c1. The van der Waals surface area contributed by atoms with Crippen molar-refractivity contribution < 1.29 is 4.79 Å². The first-order valence-electron chi connectivity index (χ1n) is 4.16. The molecule has 0 aliphatic heterocycles. The Balaban J connectivity index is 3.05. The Hall–Kier alpha value is -1.42. The van der Waals surface area contributed by atoms with Crippen LogP contribution in [0, 0.1) is 0 Å². The zero-order valence-corrected chi connectivity index (χ0v) is 8.97. The van der Waals surface area contributed by atoms with Crippen LogP contribution in [-0.4, -0.2) is 17.9 Å². The van der Waals surface area contributed by atoms with Crippen molar-refractivity contribution in [2.75, 3.05) is 11.9 Å². The first-order valence-corrected chi connectivity index (χ1v) is 4.57. The van der Waals surface area contributed by atoms with Crippen LogP contribution in [0.1, 0.15) is 12.5 Å².